The second-order valence-electron chi connectivity index (χ2n) is 7.24. The number of hydrazone groups is 1. The van der Waals surface area contributed by atoms with Gasteiger partial charge in [0.15, 0.2) is 12.4 Å². The van der Waals surface area contributed by atoms with E-state index in [0.29, 0.717) is 11.3 Å². The number of ether oxygens (including phenoxy) is 1. The quantitative estimate of drug-likeness (QED) is 0.157. The number of carbonyl (C=O) groups excluding carboxylic acids is 1. The predicted octanol–water partition coefficient (Wildman–Crippen LogP) is 3.44. The first kappa shape index (κ1) is 24.3. The van der Waals surface area contributed by atoms with Gasteiger partial charge in [-0.15, -0.1) is 0 Å². The molecular formula is C24H18N4O7S. The van der Waals surface area contributed by atoms with Crippen LogP contribution in [0.1, 0.15) is 5.56 Å². The van der Waals surface area contributed by atoms with Crippen LogP contribution in [-0.4, -0.2) is 37.1 Å². The number of benzene rings is 3. The van der Waals surface area contributed by atoms with Gasteiger partial charge in [0.2, 0.25) is 0 Å². The van der Waals surface area contributed by atoms with Crippen LogP contribution in [-0.2, 0) is 14.9 Å². The van der Waals surface area contributed by atoms with E-state index in [9.17, 15) is 23.3 Å². The van der Waals surface area contributed by atoms with E-state index in [0.717, 1.165) is 11.5 Å². The molecule has 0 spiro atoms. The minimum atomic E-state index is -4.37. The molecule has 0 fully saturated rings. The molecule has 0 atom stereocenters. The minimum Gasteiger partial charge on any atom is -0.481 e. The van der Waals surface area contributed by atoms with E-state index in [1.807, 2.05) is 12.1 Å². The number of nitrogens with zero attached hydrogens (tertiary/aromatic N) is 3. The number of amides is 1. The summed E-state index contributed by atoms with van der Waals surface area (Å²) < 4.78 is 36.0. The summed E-state index contributed by atoms with van der Waals surface area (Å²) >= 11 is 0. The molecule has 0 saturated heterocycles. The maximum Gasteiger partial charge on any atom is 0.339 e. The minimum absolute atomic E-state index is 0.0833. The van der Waals surface area contributed by atoms with Crippen molar-refractivity contribution in [2.75, 3.05) is 6.61 Å². The lowest BCUT2D eigenvalue weighted by Gasteiger charge is -2.09. The molecule has 0 bridgehead atoms. The standard InChI is InChI=1S/C24H18N4O7S/c29-23(16-34-22-12-3-7-17-8-5-13-25-24(17)22)27-26-15-18-6-1-2-11-21(18)35-36(32,33)20-10-4-9-19(14-20)28(30)31/h1-15H,16H2,(H,27,29)/b26-15-. The number of carbonyl (C=O) groups is 1. The Hall–Kier alpha value is -4.84. The van der Waals surface area contributed by atoms with Crippen molar-refractivity contribution in [3.63, 3.8) is 0 Å². The first-order valence-electron chi connectivity index (χ1n) is 10.4. The lowest BCUT2D eigenvalue weighted by atomic mass is 10.2. The highest BCUT2D eigenvalue weighted by Gasteiger charge is 2.21. The lowest BCUT2D eigenvalue weighted by Crippen LogP contribution is -2.24. The zero-order valence-electron chi connectivity index (χ0n) is 18.5. The number of nitrogens with one attached hydrogen (secondary N) is 1. The van der Waals surface area contributed by atoms with Crippen molar-refractivity contribution in [2.24, 2.45) is 5.10 Å². The number of non-ortho nitro benzene ring substituents is 1. The zero-order chi connectivity index (χ0) is 25.5. The topological polar surface area (TPSA) is 150 Å². The van der Waals surface area contributed by atoms with E-state index in [1.165, 1.54) is 36.5 Å². The van der Waals surface area contributed by atoms with E-state index >= 15 is 0 Å². The van der Waals surface area contributed by atoms with Crippen LogP contribution in [0.2, 0.25) is 0 Å². The van der Waals surface area contributed by atoms with E-state index < -0.39 is 26.6 Å². The van der Waals surface area contributed by atoms with Crippen molar-refractivity contribution >= 4 is 38.8 Å². The molecule has 4 rings (SSSR count). The molecule has 3 aromatic carbocycles. The Morgan fingerprint density at radius 3 is 2.61 bits per heavy atom. The van der Waals surface area contributed by atoms with Gasteiger partial charge in [0.25, 0.3) is 11.6 Å². The van der Waals surface area contributed by atoms with Crippen molar-refractivity contribution in [2.45, 2.75) is 4.90 Å². The van der Waals surface area contributed by atoms with E-state index in [4.69, 9.17) is 8.92 Å². The molecule has 0 aliphatic rings. The smallest absolute Gasteiger partial charge is 0.339 e. The van der Waals surface area contributed by atoms with Gasteiger partial charge in [0, 0.05) is 29.3 Å². The summed E-state index contributed by atoms with van der Waals surface area (Å²) in [7, 11) is -4.37. The highest BCUT2D eigenvalue weighted by molar-refractivity contribution is 7.87. The van der Waals surface area contributed by atoms with Gasteiger partial charge in [0.1, 0.15) is 16.2 Å². The van der Waals surface area contributed by atoms with Crippen LogP contribution in [0.5, 0.6) is 11.5 Å². The van der Waals surface area contributed by atoms with Crippen molar-refractivity contribution < 1.29 is 27.1 Å². The van der Waals surface area contributed by atoms with Gasteiger partial charge >= 0.3 is 10.1 Å². The number of rotatable bonds is 9. The molecule has 11 nitrogen and oxygen atoms in total. The second kappa shape index (κ2) is 10.6. The SMILES string of the molecule is O=C(COc1cccc2cccnc12)N/N=C\c1ccccc1OS(=O)(=O)c1cccc([N+](=O)[O-])c1. The van der Waals surface area contributed by atoms with Crippen LogP contribution in [0.3, 0.4) is 0 Å². The van der Waals surface area contributed by atoms with Crippen molar-refractivity contribution in [1.29, 1.82) is 0 Å². The molecule has 1 aromatic heterocycles. The van der Waals surface area contributed by atoms with Crippen LogP contribution in [0.4, 0.5) is 5.69 Å². The highest BCUT2D eigenvalue weighted by atomic mass is 32.2. The number of nitro benzene ring substituents is 1. The molecule has 0 unspecified atom stereocenters. The molecule has 182 valence electrons. The average molecular weight is 506 g/mol. The summed E-state index contributed by atoms with van der Waals surface area (Å²) in [6, 6.07) is 19.6. The summed E-state index contributed by atoms with van der Waals surface area (Å²) in [5.41, 5.74) is 2.77. The Morgan fingerprint density at radius 1 is 1.03 bits per heavy atom. The normalized spacial score (nSPS) is 11.3. The van der Waals surface area contributed by atoms with Gasteiger partial charge in [-0.05, 0) is 30.3 Å². The molecule has 4 aromatic rings. The van der Waals surface area contributed by atoms with Gasteiger partial charge in [-0.25, -0.2) is 5.43 Å². The molecule has 1 N–H and O–H groups in total. The molecule has 1 heterocycles. The van der Waals surface area contributed by atoms with Gasteiger partial charge < -0.3 is 8.92 Å². The lowest BCUT2D eigenvalue weighted by molar-refractivity contribution is -0.385. The predicted molar refractivity (Wildman–Crippen MR) is 130 cm³/mol. The Morgan fingerprint density at radius 2 is 1.78 bits per heavy atom. The second-order valence-corrected chi connectivity index (χ2v) is 8.79. The molecule has 0 aliphatic carbocycles. The number of nitro groups is 1. The maximum absolute atomic E-state index is 12.6. The fraction of sp³-hybridized carbons (Fsp3) is 0.0417. The number of para-hydroxylation sites is 2. The van der Waals surface area contributed by atoms with Crippen LogP contribution < -0.4 is 14.3 Å². The Balaban J connectivity index is 1.41. The number of hydrogen-bond donors (Lipinski definition) is 1. The van der Waals surface area contributed by atoms with Crippen molar-refractivity contribution in [1.82, 2.24) is 10.4 Å². The third-order valence-electron chi connectivity index (χ3n) is 4.78. The first-order valence-corrected chi connectivity index (χ1v) is 11.8. The number of aromatic nitrogens is 1. The van der Waals surface area contributed by atoms with E-state index in [-0.39, 0.29) is 22.8 Å². The van der Waals surface area contributed by atoms with Crippen molar-refractivity contribution in [3.05, 3.63) is 101 Å². The van der Waals surface area contributed by atoms with Gasteiger partial charge in [-0.3, -0.25) is 19.9 Å². The Kier molecular flexibility index (Phi) is 7.16. The molecule has 36 heavy (non-hydrogen) atoms. The molecule has 0 radical (unpaired) electrons. The Labute approximate surface area is 205 Å². The zero-order valence-corrected chi connectivity index (χ0v) is 19.3. The summed E-state index contributed by atoms with van der Waals surface area (Å²) in [5.74, 6) is -0.195. The summed E-state index contributed by atoms with van der Waals surface area (Å²) in [5, 5.41) is 15.7. The highest BCUT2D eigenvalue weighted by Crippen LogP contribution is 2.24. The van der Waals surface area contributed by atoms with E-state index in [1.54, 1.807) is 36.5 Å². The Bertz CT molecular complexity index is 1570. The fourth-order valence-electron chi connectivity index (χ4n) is 3.12. The van der Waals surface area contributed by atoms with Crippen LogP contribution in [0, 0.1) is 10.1 Å². The molecule has 1 amide bonds. The molecule has 12 heteroatoms. The van der Waals surface area contributed by atoms with Gasteiger partial charge in [0.05, 0.1) is 11.1 Å². The van der Waals surface area contributed by atoms with Crippen LogP contribution in [0.15, 0.2) is 95.1 Å². The summed E-state index contributed by atoms with van der Waals surface area (Å²) in [4.78, 5) is 26.3. The largest absolute Gasteiger partial charge is 0.481 e. The summed E-state index contributed by atoms with van der Waals surface area (Å²) in [6.45, 7) is -0.327. The molecule has 0 aliphatic heterocycles. The fourth-order valence-corrected chi connectivity index (χ4v) is 4.12. The number of fused-ring (bicyclic) bond motifs is 1. The monoisotopic (exact) mass is 506 g/mol. The molecule has 0 saturated carbocycles. The van der Waals surface area contributed by atoms with Crippen LogP contribution in [0.25, 0.3) is 10.9 Å². The number of hydrogen-bond acceptors (Lipinski definition) is 9. The van der Waals surface area contributed by atoms with Crippen molar-refractivity contribution in [3.8, 4) is 11.5 Å². The van der Waals surface area contributed by atoms with Gasteiger partial charge in [-0.2, -0.15) is 13.5 Å². The van der Waals surface area contributed by atoms with Gasteiger partial charge in [-0.1, -0.05) is 36.4 Å². The third-order valence-corrected chi connectivity index (χ3v) is 6.01. The van der Waals surface area contributed by atoms with E-state index in [2.05, 4.69) is 15.5 Å². The third kappa shape index (κ3) is 5.80. The average Bonchev–Trinajstić information content (AvgIpc) is 2.88. The maximum atomic E-state index is 12.6. The first-order chi connectivity index (χ1) is 17.3. The summed E-state index contributed by atoms with van der Waals surface area (Å²) in [6.07, 6.45) is 2.83. The van der Waals surface area contributed by atoms with Crippen LogP contribution >= 0.6 is 0 Å². The number of pyridine rings is 1. The molecular weight excluding hydrogens is 488 g/mol.